The third-order valence-electron chi connectivity index (χ3n) is 4.46. The van der Waals surface area contributed by atoms with Gasteiger partial charge >= 0.3 is 5.97 Å². The van der Waals surface area contributed by atoms with Crippen molar-refractivity contribution >= 4 is 29.6 Å². The number of benzene rings is 1. The Hall–Kier alpha value is -2.41. The number of esters is 1. The smallest absolute Gasteiger partial charge is 0.330 e. The molecule has 2 rings (SSSR count). The zero-order valence-corrected chi connectivity index (χ0v) is 17.7. The topological polar surface area (TPSA) is 64.1 Å². The van der Waals surface area contributed by atoms with Gasteiger partial charge in [-0.25, -0.2) is 19.2 Å². The molecule has 1 aromatic carbocycles. The van der Waals surface area contributed by atoms with Gasteiger partial charge in [0.15, 0.2) is 5.16 Å². The normalized spacial score (nSPS) is 11.2. The second kappa shape index (κ2) is 10.2. The number of rotatable bonds is 8. The van der Waals surface area contributed by atoms with E-state index in [1.165, 1.54) is 37.1 Å². The average Bonchev–Trinajstić information content (AvgIpc) is 2.70. The lowest BCUT2D eigenvalue weighted by atomic mass is 10.0. The molecule has 0 aliphatic carbocycles. The molecule has 1 heterocycles. The number of anilines is 1. The van der Waals surface area contributed by atoms with E-state index in [0.717, 1.165) is 24.0 Å². The largest absolute Gasteiger partial charge is 0.466 e. The van der Waals surface area contributed by atoms with Crippen molar-refractivity contribution in [2.24, 2.45) is 0 Å². The van der Waals surface area contributed by atoms with Gasteiger partial charge in [-0.1, -0.05) is 25.6 Å². The Morgan fingerprint density at radius 1 is 1.32 bits per heavy atom. The minimum absolute atomic E-state index is 0.233. The van der Waals surface area contributed by atoms with Gasteiger partial charge in [-0.3, -0.25) is 0 Å². The number of hydrogen-bond donors (Lipinski definition) is 1. The van der Waals surface area contributed by atoms with Crippen LogP contribution in [0.15, 0.2) is 29.4 Å². The summed E-state index contributed by atoms with van der Waals surface area (Å²) in [5, 5.41) is 4.06. The third kappa shape index (κ3) is 5.32. The molecule has 0 aliphatic heterocycles. The fraction of sp³-hybridized carbons (Fsp3) is 0.381. The summed E-state index contributed by atoms with van der Waals surface area (Å²) in [5.74, 6) is -0.126. The molecule has 0 unspecified atom stereocenters. The SMILES string of the molecule is CCC(CC)Nc1nc(SC)nc(-c2ccc(F)cc2C)c1C=CC(=O)OC. The maximum atomic E-state index is 13.6. The number of aromatic nitrogens is 2. The first-order valence-electron chi connectivity index (χ1n) is 9.18. The molecule has 0 fully saturated rings. The molecule has 5 nitrogen and oxygen atoms in total. The highest BCUT2D eigenvalue weighted by atomic mass is 32.2. The first-order chi connectivity index (χ1) is 13.4. The Balaban J connectivity index is 2.72. The van der Waals surface area contributed by atoms with E-state index in [4.69, 9.17) is 4.74 Å². The van der Waals surface area contributed by atoms with Crippen molar-refractivity contribution < 1.29 is 13.9 Å². The molecular weight excluding hydrogens is 377 g/mol. The van der Waals surface area contributed by atoms with Gasteiger partial charge in [-0.2, -0.15) is 0 Å². The van der Waals surface area contributed by atoms with E-state index in [2.05, 4.69) is 29.1 Å². The number of halogens is 1. The van der Waals surface area contributed by atoms with Crippen molar-refractivity contribution in [1.29, 1.82) is 0 Å². The van der Waals surface area contributed by atoms with Crippen molar-refractivity contribution in [3.63, 3.8) is 0 Å². The minimum Gasteiger partial charge on any atom is -0.466 e. The highest BCUT2D eigenvalue weighted by molar-refractivity contribution is 7.98. The molecular formula is C21H26FN3O2S. The van der Waals surface area contributed by atoms with E-state index in [1.807, 2.05) is 13.2 Å². The van der Waals surface area contributed by atoms with Crippen molar-refractivity contribution in [2.75, 3.05) is 18.7 Å². The molecule has 2 aromatic rings. The highest BCUT2D eigenvalue weighted by Crippen LogP contribution is 2.33. The number of methoxy groups -OCH3 is 1. The fourth-order valence-corrected chi connectivity index (χ4v) is 3.18. The fourth-order valence-electron chi connectivity index (χ4n) is 2.81. The van der Waals surface area contributed by atoms with E-state index in [0.29, 0.717) is 22.2 Å². The van der Waals surface area contributed by atoms with Crippen LogP contribution >= 0.6 is 11.8 Å². The Morgan fingerprint density at radius 2 is 2.04 bits per heavy atom. The van der Waals surface area contributed by atoms with Crippen LogP contribution in [-0.2, 0) is 9.53 Å². The molecule has 28 heavy (non-hydrogen) atoms. The van der Waals surface area contributed by atoms with Gasteiger partial charge in [0.1, 0.15) is 11.6 Å². The molecule has 0 saturated carbocycles. The molecule has 7 heteroatoms. The molecule has 1 aromatic heterocycles. The summed E-state index contributed by atoms with van der Waals surface area (Å²) in [6.45, 7) is 6.04. The van der Waals surface area contributed by atoms with Crippen LogP contribution in [0.1, 0.15) is 37.8 Å². The minimum atomic E-state index is -0.468. The van der Waals surface area contributed by atoms with Crippen molar-refractivity contribution in [2.45, 2.75) is 44.8 Å². The molecule has 0 atom stereocenters. The van der Waals surface area contributed by atoms with E-state index in [1.54, 1.807) is 12.1 Å². The number of carbonyl (C=O) groups excluding carboxylic acids is 1. The summed E-state index contributed by atoms with van der Waals surface area (Å²) in [6, 6.07) is 4.81. The lowest BCUT2D eigenvalue weighted by Gasteiger charge is -2.20. The zero-order chi connectivity index (χ0) is 20.7. The predicted molar refractivity (Wildman–Crippen MR) is 113 cm³/mol. The second-order valence-corrected chi connectivity index (χ2v) is 7.07. The van der Waals surface area contributed by atoms with Crippen LogP contribution in [0, 0.1) is 12.7 Å². The van der Waals surface area contributed by atoms with Gasteiger partial charge in [0.2, 0.25) is 0 Å². The standard InChI is InChI=1S/C21H26FN3O2S/c1-6-15(7-2)23-20-17(10-11-18(26)27-4)19(24-21(25-20)28-5)16-9-8-14(22)12-13(16)3/h8-12,15H,6-7H2,1-5H3,(H,23,24,25). The lowest BCUT2D eigenvalue weighted by molar-refractivity contribution is -0.134. The van der Waals surface area contributed by atoms with Crippen LogP contribution in [0.25, 0.3) is 17.3 Å². The Bertz CT molecular complexity index is 867. The maximum absolute atomic E-state index is 13.6. The van der Waals surface area contributed by atoms with Crippen molar-refractivity contribution in [3.05, 3.63) is 41.2 Å². The first kappa shape index (κ1) is 21.9. The van der Waals surface area contributed by atoms with Gasteiger partial charge in [-0.05, 0) is 55.9 Å². The summed E-state index contributed by atoms with van der Waals surface area (Å²) in [6.07, 6.45) is 6.76. The summed E-state index contributed by atoms with van der Waals surface area (Å²) < 4.78 is 18.4. The van der Waals surface area contributed by atoms with E-state index >= 15 is 0 Å². The van der Waals surface area contributed by atoms with Gasteiger partial charge in [0.25, 0.3) is 0 Å². The molecule has 0 spiro atoms. The maximum Gasteiger partial charge on any atom is 0.330 e. The summed E-state index contributed by atoms with van der Waals surface area (Å²) >= 11 is 1.43. The van der Waals surface area contributed by atoms with Gasteiger partial charge in [0, 0.05) is 23.2 Å². The molecule has 0 saturated heterocycles. The Labute approximate surface area is 169 Å². The van der Waals surface area contributed by atoms with Crippen molar-refractivity contribution in [3.8, 4) is 11.3 Å². The number of ether oxygens (including phenoxy) is 1. The third-order valence-corrected chi connectivity index (χ3v) is 5.01. The summed E-state index contributed by atoms with van der Waals surface area (Å²) in [5.41, 5.74) is 2.86. The van der Waals surface area contributed by atoms with Crippen LogP contribution < -0.4 is 5.32 Å². The predicted octanol–water partition coefficient (Wildman–Crippen LogP) is 5.10. The number of thioether (sulfide) groups is 1. The molecule has 0 amide bonds. The molecule has 0 aliphatic rings. The molecule has 150 valence electrons. The molecule has 0 radical (unpaired) electrons. The van der Waals surface area contributed by atoms with Gasteiger partial charge < -0.3 is 10.1 Å². The van der Waals surface area contributed by atoms with Crippen LogP contribution in [0.2, 0.25) is 0 Å². The monoisotopic (exact) mass is 403 g/mol. The van der Waals surface area contributed by atoms with Crippen LogP contribution in [0.4, 0.5) is 10.2 Å². The van der Waals surface area contributed by atoms with E-state index in [-0.39, 0.29) is 11.9 Å². The Morgan fingerprint density at radius 3 is 2.61 bits per heavy atom. The average molecular weight is 404 g/mol. The van der Waals surface area contributed by atoms with Crippen LogP contribution in [0.3, 0.4) is 0 Å². The second-order valence-electron chi connectivity index (χ2n) is 6.29. The number of nitrogens with one attached hydrogen (secondary N) is 1. The van der Waals surface area contributed by atoms with Gasteiger partial charge in [-0.15, -0.1) is 0 Å². The summed E-state index contributed by atoms with van der Waals surface area (Å²) in [7, 11) is 1.33. The van der Waals surface area contributed by atoms with Crippen LogP contribution in [-0.4, -0.2) is 35.3 Å². The highest BCUT2D eigenvalue weighted by Gasteiger charge is 2.18. The Kier molecular flexibility index (Phi) is 7.99. The van der Waals surface area contributed by atoms with Crippen LogP contribution in [0.5, 0.6) is 0 Å². The quantitative estimate of drug-likeness (QED) is 0.286. The summed E-state index contributed by atoms with van der Waals surface area (Å²) in [4.78, 5) is 21.0. The number of aryl methyl sites for hydroxylation is 1. The van der Waals surface area contributed by atoms with Gasteiger partial charge in [0.05, 0.1) is 12.8 Å². The lowest BCUT2D eigenvalue weighted by Crippen LogP contribution is -2.19. The first-order valence-corrected chi connectivity index (χ1v) is 10.4. The molecule has 1 N–H and O–H groups in total. The number of hydrogen-bond acceptors (Lipinski definition) is 6. The van der Waals surface area contributed by atoms with E-state index in [9.17, 15) is 9.18 Å². The number of carbonyl (C=O) groups is 1. The number of nitrogens with zero attached hydrogens (tertiary/aromatic N) is 2. The molecule has 0 bridgehead atoms. The van der Waals surface area contributed by atoms with E-state index < -0.39 is 5.97 Å². The van der Waals surface area contributed by atoms with Crippen molar-refractivity contribution in [1.82, 2.24) is 9.97 Å². The zero-order valence-electron chi connectivity index (χ0n) is 16.9.